The molecule has 0 saturated carbocycles. The maximum atomic E-state index is 13.6. The van der Waals surface area contributed by atoms with Crippen LogP contribution in [-0.4, -0.2) is 19.2 Å². The minimum Gasteiger partial charge on any atom is -0.493 e. The van der Waals surface area contributed by atoms with Crippen LogP contribution in [0.15, 0.2) is 42.5 Å². The van der Waals surface area contributed by atoms with E-state index in [9.17, 15) is 4.39 Å². The highest BCUT2D eigenvalue weighted by Gasteiger charge is 2.09. The van der Waals surface area contributed by atoms with Crippen LogP contribution in [0.25, 0.3) is 0 Å². The van der Waals surface area contributed by atoms with Gasteiger partial charge in [0.2, 0.25) is 0 Å². The first kappa shape index (κ1) is 14.3. The zero-order chi connectivity index (χ0) is 14.5. The maximum absolute atomic E-state index is 13.6. The Kier molecular flexibility index (Phi) is 4.53. The predicted molar refractivity (Wildman–Crippen MR) is 81.3 cm³/mol. The molecule has 2 aromatic rings. The molecule has 5 heteroatoms. The number of benzene rings is 2. The lowest BCUT2D eigenvalue weighted by Gasteiger charge is -2.12. The highest BCUT2D eigenvalue weighted by molar-refractivity contribution is 7.81. The van der Waals surface area contributed by atoms with Crippen LogP contribution in [0.4, 0.5) is 10.1 Å². The molecule has 0 aliphatic heterocycles. The topological polar surface area (TPSA) is 30.5 Å². The van der Waals surface area contributed by atoms with Crippen molar-refractivity contribution < 1.29 is 13.9 Å². The first-order chi connectivity index (χ1) is 9.65. The lowest BCUT2D eigenvalue weighted by Crippen LogP contribution is -2.11. The zero-order valence-electron chi connectivity index (χ0n) is 11.1. The van der Waals surface area contributed by atoms with Crippen LogP contribution in [0.3, 0.4) is 0 Å². The number of hydrogen-bond donors (Lipinski definition) is 1. The second-order valence-electron chi connectivity index (χ2n) is 4.00. The van der Waals surface area contributed by atoms with Crippen LogP contribution in [-0.2, 0) is 0 Å². The first-order valence-corrected chi connectivity index (χ1v) is 6.34. The molecule has 0 saturated heterocycles. The van der Waals surface area contributed by atoms with Gasteiger partial charge in [0.05, 0.1) is 19.9 Å². The molecule has 0 fully saturated rings. The Hall–Kier alpha value is -2.14. The molecule has 0 aliphatic carbocycles. The lowest BCUT2D eigenvalue weighted by atomic mass is 10.2. The van der Waals surface area contributed by atoms with Gasteiger partial charge in [-0.1, -0.05) is 24.4 Å². The van der Waals surface area contributed by atoms with Gasteiger partial charge in [0.15, 0.2) is 11.5 Å². The van der Waals surface area contributed by atoms with Gasteiger partial charge in [-0.3, -0.25) is 0 Å². The van der Waals surface area contributed by atoms with E-state index in [2.05, 4.69) is 5.32 Å². The van der Waals surface area contributed by atoms with Gasteiger partial charge in [-0.05, 0) is 30.3 Å². The van der Waals surface area contributed by atoms with E-state index in [0.717, 1.165) is 5.56 Å². The van der Waals surface area contributed by atoms with Crippen molar-refractivity contribution in [2.45, 2.75) is 0 Å². The van der Waals surface area contributed by atoms with Crippen molar-refractivity contribution in [2.24, 2.45) is 0 Å². The Labute approximate surface area is 122 Å². The summed E-state index contributed by atoms with van der Waals surface area (Å²) < 4.78 is 23.9. The third-order valence-electron chi connectivity index (χ3n) is 2.77. The van der Waals surface area contributed by atoms with Crippen LogP contribution in [0, 0.1) is 5.82 Å². The van der Waals surface area contributed by atoms with E-state index >= 15 is 0 Å². The van der Waals surface area contributed by atoms with Gasteiger partial charge >= 0.3 is 0 Å². The van der Waals surface area contributed by atoms with Crippen LogP contribution in [0.2, 0.25) is 0 Å². The molecule has 0 spiro atoms. The number of methoxy groups -OCH3 is 2. The number of nitrogens with one attached hydrogen (secondary N) is 1. The standard InChI is InChI=1S/C15H14FNO2S/c1-18-13-8-7-10(9-14(13)19-2)15(20)17-12-6-4-3-5-11(12)16/h3-9H,1-2H3,(H,17,20). The number of anilines is 1. The zero-order valence-corrected chi connectivity index (χ0v) is 12.0. The molecule has 2 rings (SSSR count). The molecule has 1 N–H and O–H groups in total. The average molecular weight is 291 g/mol. The minimum absolute atomic E-state index is 0.340. The number of halogens is 1. The van der Waals surface area contributed by atoms with Crippen molar-refractivity contribution in [1.82, 2.24) is 0 Å². The Morgan fingerprint density at radius 3 is 2.40 bits per heavy atom. The van der Waals surface area contributed by atoms with Crippen molar-refractivity contribution in [3.05, 3.63) is 53.8 Å². The number of rotatable bonds is 4. The number of hydrogen-bond acceptors (Lipinski definition) is 3. The summed E-state index contributed by atoms with van der Waals surface area (Å²) in [4.78, 5) is 0.413. The van der Waals surface area contributed by atoms with Gasteiger partial charge < -0.3 is 14.8 Å². The Morgan fingerprint density at radius 1 is 1.05 bits per heavy atom. The SMILES string of the molecule is COc1ccc(C(=S)Nc2ccccc2F)cc1OC. The molecule has 0 unspecified atom stereocenters. The van der Waals surface area contributed by atoms with Crippen LogP contribution in [0.5, 0.6) is 11.5 Å². The van der Waals surface area contributed by atoms with Gasteiger partial charge in [0.1, 0.15) is 10.8 Å². The number of para-hydroxylation sites is 1. The molecule has 3 nitrogen and oxygen atoms in total. The highest BCUT2D eigenvalue weighted by atomic mass is 32.1. The number of thiocarbonyl (C=S) groups is 1. The summed E-state index contributed by atoms with van der Waals surface area (Å²) >= 11 is 5.28. The summed E-state index contributed by atoms with van der Waals surface area (Å²) in [5.41, 5.74) is 1.06. The molecular formula is C15H14FNO2S. The van der Waals surface area contributed by atoms with Crippen molar-refractivity contribution in [3.63, 3.8) is 0 Å². The second kappa shape index (κ2) is 6.34. The van der Waals surface area contributed by atoms with E-state index in [1.165, 1.54) is 6.07 Å². The van der Waals surface area contributed by atoms with Crippen molar-refractivity contribution in [1.29, 1.82) is 0 Å². The lowest BCUT2D eigenvalue weighted by molar-refractivity contribution is 0.355. The van der Waals surface area contributed by atoms with Gasteiger partial charge in [-0.15, -0.1) is 0 Å². The van der Waals surface area contributed by atoms with Gasteiger partial charge in [-0.2, -0.15) is 0 Å². The molecule has 0 radical (unpaired) electrons. The third kappa shape index (κ3) is 3.05. The summed E-state index contributed by atoms with van der Waals surface area (Å²) in [5, 5.41) is 2.88. The van der Waals surface area contributed by atoms with Crippen LogP contribution < -0.4 is 14.8 Å². The fourth-order valence-corrected chi connectivity index (χ4v) is 1.97. The molecule has 104 valence electrons. The normalized spacial score (nSPS) is 9.95. The van der Waals surface area contributed by atoms with E-state index in [1.807, 2.05) is 0 Å². The molecule has 0 bridgehead atoms. The predicted octanol–water partition coefficient (Wildman–Crippen LogP) is 3.63. The summed E-state index contributed by atoms with van der Waals surface area (Å²) in [6.07, 6.45) is 0. The van der Waals surface area contributed by atoms with Gasteiger partial charge in [-0.25, -0.2) is 4.39 Å². The summed E-state index contributed by atoms with van der Waals surface area (Å²) in [6, 6.07) is 11.7. The highest BCUT2D eigenvalue weighted by Crippen LogP contribution is 2.28. The third-order valence-corrected chi connectivity index (χ3v) is 3.11. The Morgan fingerprint density at radius 2 is 1.75 bits per heavy atom. The van der Waals surface area contributed by atoms with Crippen molar-refractivity contribution in [2.75, 3.05) is 19.5 Å². The van der Waals surface area contributed by atoms with Crippen LogP contribution >= 0.6 is 12.2 Å². The first-order valence-electron chi connectivity index (χ1n) is 5.93. The van der Waals surface area contributed by atoms with E-state index in [1.54, 1.807) is 50.6 Å². The fraction of sp³-hybridized carbons (Fsp3) is 0.133. The second-order valence-corrected chi connectivity index (χ2v) is 4.41. The molecule has 0 aliphatic rings. The molecule has 2 aromatic carbocycles. The average Bonchev–Trinajstić information content (AvgIpc) is 2.48. The molecule has 0 aromatic heterocycles. The van der Waals surface area contributed by atoms with Gasteiger partial charge in [0.25, 0.3) is 0 Å². The Balaban J connectivity index is 2.24. The molecule has 0 heterocycles. The summed E-state index contributed by atoms with van der Waals surface area (Å²) in [6.45, 7) is 0. The van der Waals surface area contributed by atoms with E-state index < -0.39 is 0 Å². The summed E-state index contributed by atoms with van der Waals surface area (Å²) in [5.74, 6) is 0.836. The molecule has 0 atom stereocenters. The van der Waals surface area contributed by atoms with E-state index in [0.29, 0.717) is 22.2 Å². The van der Waals surface area contributed by atoms with Gasteiger partial charge in [0, 0.05) is 5.56 Å². The molecular weight excluding hydrogens is 277 g/mol. The fourth-order valence-electron chi connectivity index (χ4n) is 1.73. The van der Waals surface area contributed by atoms with E-state index in [4.69, 9.17) is 21.7 Å². The Bertz CT molecular complexity index is 631. The smallest absolute Gasteiger partial charge is 0.161 e. The minimum atomic E-state index is -0.352. The molecule has 0 amide bonds. The van der Waals surface area contributed by atoms with Crippen molar-refractivity contribution in [3.8, 4) is 11.5 Å². The van der Waals surface area contributed by atoms with Crippen molar-refractivity contribution >= 4 is 22.9 Å². The monoisotopic (exact) mass is 291 g/mol. The molecule has 20 heavy (non-hydrogen) atoms. The largest absolute Gasteiger partial charge is 0.493 e. The van der Waals surface area contributed by atoms with Crippen LogP contribution in [0.1, 0.15) is 5.56 Å². The number of ether oxygens (including phenoxy) is 2. The quantitative estimate of drug-likeness (QED) is 0.871. The van der Waals surface area contributed by atoms with E-state index in [-0.39, 0.29) is 5.82 Å². The summed E-state index contributed by atoms with van der Waals surface area (Å²) in [7, 11) is 3.11. The maximum Gasteiger partial charge on any atom is 0.161 e.